The number of amides is 1. The van der Waals surface area contributed by atoms with Crippen LogP contribution < -0.4 is 5.32 Å². The van der Waals surface area contributed by atoms with Gasteiger partial charge in [-0.15, -0.1) is 15.3 Å². The average Bonchev–Trinajstić information content (AvgIpc) is 3.11. The van der Waals surface area contributed by atoms with Gasteiger partial charge in [-0.25, -0.2) is 0 Å². The molecule has 2 aromatic rings. The highest BCUT2D eigenvalue weighted by atomic mass is 32.1. The lowest BCUT2D eigenvalue weighted by molar-refractivity contribution is 0.0856. The van der Waals surface area contributed by atoms with Gasteiger partial charge in [0.2, 0.25) is 9.97 Å². The Hall–Kier alpha value is -1.54. The summed E-state index contributed by atoms with van der Waals surface area (Å²) in [6.07, 6.45) is 2.20. The number of hydrogen-bond acceptors (Lipinski definition) is 6. The van der Waals surface area contributed by atoms with Crippen LogP contribution in [0.4, 0.5) is 0 Å². The quantitative estimate of drug-likeness (QED) is 0.917. The minimum Gasteiger partial charge on any atom is -0.376 e. The molecular formula is C12H17N5O2S. The second-order valence-corrected chi connectivity index (χ2v) is 6.12. The molecule has 8 heteroatoms. The zero-order chi connectivity index (χ0) is 14.1. The van der Waals surface area contributed by atoms with Crippen LogP contribution in [0, 0.1) is 0 Å². The fourth-order valence-electron chi connectivity index (χ4n) is 2.17. The molecule has 1 N–H and O–H groups in total. The lowest BCUT2D eigenvalue weighted by Crippen LogP contribution is -2.31. The van der Waals surface area contributed by atoms with Gasteiger partial charge in [-0.05, 0) is 12.8 Å². The predicted molar refractivity (Wildman–Crippen MR) is 74.1 cm³/mol. The number of nitrogens with zero attached hydrogens (tertiary/aromatic N) is 4. The minimum absolute atomic E-state index is 0.135. The van der Waals surface area contributed by atoms with Crippen molar-refractivity contribution in [1.29, 1.82) is 0 Å². The van der Waals surface area contributed by atoms with E-state index >= 15 is 0 Å². The molecule has 2 aromatic heterocycles. The molecule has 1 amide bonds. The summed E-state index contributed by atoms with van der Waals surface area (Å²) in [6.45, 7) is 5.37. The van der Waals surface area contributed by atoms with E-state index in [4.69, 9.17) is 4.74 Å². The molecule has 0 saturated carbocycles. The minimum atomic E-state index is -0.175. The van der Waals surface area contributed by atoms with Gasteiger partial charge in [0.05, 0.1) is 6.10 Å². The maximum absolute atomic E-state index is 12.1. The van der Waals surface area contributed by atoms with Gasteiger partial charge in [0.15, 0.2) is 5.82 Å². The largest absolute Gasteiger partial charge is 0.376 e. The molecule has 3 heterocycles. The van der Waals surface area contributed by atoms with Gasteiger partial charge in [0, 0.05) is 19.1 Å². The van der Waals surface area contributed by atoms with E-state index in [0.29, 0.717) is 16.5 Å². The first kappa shape index (κ1) is 13.4. The average molecular weight is 295 g/mol. The number of carbonyl (C=O) groups is 1. The van der Waals surface area contributed by atoms with Crippen LogP contribution in [0.1, 0.15) is 48.2 Å². The third-order valence-electron chi connectivity index (χ3n) is 3.24. The first-order chi connectivity index (χ1) is 9.65. The smallest absolute Gasteiger partial charge is 0.282 e. The standard InChI is InChI=1S/C12H17N5O2S/c1-7(2)9-14-15-12-17(9)16-11(20-12)10(18)13-6-8-4-3-5-19-8/h7-8H,3-6H2,1-2H3,(H,13,18). The molecule has 1 unspecified atom stereocenters. The summed E-state index contributed by atoms with van der Waals surface area (Å²) < 4.78 is 7.12. The number of hydrogen-bond donors (Lipinski definition) is 1. The summed E-state index contributed by atoms with van der Waals surface area (Å²) in [4.78, 5) is 12.7. The van der Waals surface area contributed by atoms with E-state index in [0.717, 1.165) is 25.3 Å². The molecule has 108 valence electrons. The Labute approximate surface area is 120 Å². The fraction of sp³-hybridized carbons (Fsp3) is 0.667. The summed E-state index contributed by atoms with van der Waals surface area (Å²) in [5, 5.41) is 15.7. The van der Waals surface area contributed by atoms with Crippen LogP contribution in [0.5, 0.6) is 0 Å². The number of fused-ring (bicyclic) bond motifs is 1. The highest BCUT2D eigenvalue weighted by Crippen LogP contribution is 2.18. The number of carbonyl (C=O) groups excluding carboxylic acids is 1. The monoisotopic (exact) mass is 295 g/mol. The number of rotatable bonds is 4. The molecule has 0 aromatic carbocycles. The second kappa shape index (κ2) is 5.45. The van der Waals surface area contributed by atoms with Crippen LogP contribution in [-0.2, 0) is 4.74 Å². The first-order valence-corrected chi connectivity index (χ1v) is 7.58. The molecule has 0 aliphatic carbocycles. The van der Waals surface area contributed by atoms with Crippen molar-refractivity contribution in [3.05, 3.63) is 10.8 Å². The summed E-state index contributed by atoms with van der Waals surface area (Å²) in [7, 11) is 0. The third-order valence-corrected chi connectivity index (χ3v) is 4.14. The number of ether oxygens (including phenoxy) is 1. The van der Waals surface area contributed by atoms with Crippen molar-refractivity contribution in [2.75, 3.05) is 13.2 Å². The van der Waals surface area contributed by atoms with Crippen LogP contribution >= 0.6 is 11.3 Å². The Morgan fingerprint density at radius 2 is 2.40 bits per heavy atom. The van der Waals surface area contributed by atoms with E-state index in [-0.39, 0.29) is 17.9 Å². The van der Waals surface area contributed by atoms with E-state index in [1.807, 2.05) is 13.8 Å². The summed E-state index contributed by atoms with van der Waals surface area (Å²) in [5.74, 6) is 0.815. The highest BCUT2D eigenvalue weighted by Gasteiger charge is 2.20. The second-order valence-electron chi connectivity index (χ2n) is 5.16. The lowest BCUT2D eigenvalue weighted by Gasteiger charge is -2.09. The van der Waals surface area contributed by atoms with Crippen molar-refractivity contribution < 1.29 is 9.53 Å². The Morgan fingerprint density at radius 3 is 3.10 bits per heavy atom. The predicted octanol–water partition coefficient (Wildman–Crippen LogP) is 1.22. The van der Waals surface area contributed by atoms with Crippen LogP contribution in [0.25, 0.3) is 4.96 Å². The van der Waals surface area contributed by atoms with E-state index in [2.05, 4.69) is 20.6 Å². The molecule has 1 saturated heterocycles. The van der Waals surface area contributed by atoms with Crippen molar-refractivity contribution in [3.8, 4) is 0 Å². The third kappa shape index (κ3) is 2.53. The van der Waals surface area contributed by atoms with Crippen molar-refractivity contribution in [2.45, 2.75) is 38.7 Å². The summed E-state index contributed by atoms with van der Waals surface area (Å²) in [6, 6.07) is 0. The molecule has 0 radical (unpaired) electrons. The molecule has 0 spiro atoms. The van der Waals surface area contributed by atoms with Gasteiger partial charge in [-0.1, -0.05) is 25.2 Å². The Kier molecular flexibility index (Phi) is 3.66. The highest BCUT2D eigenvalue weighted by molar-refractivity contribution is 7.18. The maximum Gasteiger partial charge on any atom is 0.282 e. The summed E-state index contributed by atoms with van der Waals surface area (Å²) >= 11 is 1.25. The van der Waals surface area contributed by atoms with E-state index in [1.165, 1.54) is 11.3 Å². The van der Waals surface area contributed by atoms with E-state index in [1.54, 1.807) is 4.52 Å². The number of nitrogens with one attached hydrogen (secondary N) is 1. The molecular weight excluding hydrogens is 278 g/mol. The Bertz CT molecular complexity index is 614. The van der Waals surface area contributed by atoms with E-state index < -0.39 is 0 Å². The van der Waals surface area contributed by atoms with Crippen LogP contribution in [-0.4, -0.2) is 45.0 Å². The molecule has 1 aliphatic rings. The Balaban J connectivity index is 1.71. The molecule has 1 fully saturated rings. The van der Waals surface area contributed by atoms with Crippen molar-refractivity contribution >= 4 is 22.2 Å². The van der Waals surface area contributed by atoms with Crippen molar-refractivity contribution in [3.63, 3.8) is 0 Å². The van der Waals surface area contributed by atoms with Gasteiger partial charge < -0.3 is 10.1 Å². The molecule has 0 bridgehead atoms. The molecule has 1 aliphatic heterocycles. The zero-order valence-electron chi connectivity index (χ0n) is 11.5. The van der Waals surface area contributed by atoms with Gasteiger partial charge in [-0.3, -0.25) is 4.79 Å². The van der Waals surface area contributed by atoms with Crippen molar-refractivity contribution in [1.82, 2.24) is 25.1 Å². The van der Waals surface area contributed by atoms with Gasteiger partial charge in [0.1, 0.15) is 0 Å². The van der Waals surface area contributed by atoms with Gasteiger partial charge in [-0.2, -0.15) is 4.52 Å². The van der Waals surface area contributed by atoms with E-state index in [9.17, 15) is 4.79 Å². The SMILES string of the molecule is CC(C)c1nnc2sc(C(=O)NCC3CCCO3)nn12. The molecule has 7 nitrogen and oxygen atoms in total. The van der Waals surface area contributed by atoms with Crippen LogP contribution in [0.2, 0.25) is 0 Å². The first-order valence-electron chi connectivity index (χ1n) is 6.77. The lowest BCUT2D eigenvalue weighted by atomic mass is 10.2. The number of aromatic nitrogens is 4. The summed E-state index contributed by atoms with van der Waals surface area (Å²) in [5.41, 5.74) is 0. The molecule has 3 rings (SSSR count). The van der Waals surface area contributed by atoms with Gasteiger partial charge >= 0.3 is 0 Å². The fourth-order valence-corrected chi connectivity index (χ4v) is 2.93. The molecule has 1 atom stereocenters. The normalized spacial score (nSPS) is 19.1. The zero-order valence-corrected chi connectivity index (χ0v) is 12.3. The van der Waals surface area contributed by atoms with Crippen molar-refractivity contribution in [2.24, 2.45) is 0 Å². The Morgan fingerprint density at radius 1 is 1.55 bits per heavy atom. The maximum atomic E-state index is 12.1. The molecule has 20 heavy (non-hydrogen) atoms. The van der Waals surface area contributed by atoms with Crippen LogP contribution in [0.3, 0.4) is 0 Å². The van der Waals surface area contributed by atoms with Gasteiger partial charge in [0.25, 0.3) is 5.91 Å². The topological polar surface area (TPSA) is 81.4 Å². The van der Waals surface area contributed by atoms with Crippen LogP contribution in [0.15, 0.2) is 0 Å².